The summed E-state index contributed by atoms with van der Waals surface area (Å²) < 4.78 is 5.24. The molecular formula is C11H19ClN4O. The predicted octanol–water partition coefficient (Wildman–Crippen LogP) is 2.41. The number of nitrogens with zero attached hydrogens (tertiary/aromatic N) is 4. The van der Waals surface area contributed by atoms with Crippen molar-refractivity contribution in [1.29, 1.82) is 0 Å². The Balaban J connectivity index is 2.81. The molecule has 17 heavy (non-hydrogen) atoms. The Morgan fingerprint density at radius 2 is 2.00 bits per heavy atom. The molecule has 0 radical (unpaired) electrons. The van der Waals surface area contributed by atoms with Crippen LogP contribution >= 0.6 is 11.6 Å². The first-order valence-corrected chi connectivity index (χ1v) is 6.20. The Morgan fingerprint density at radius 3 is 2.59 bits per heavy atom. The molecule has 1 atom stereocenters. The van der Waals surface area contributed by atoms with Crippen molar-refractivity contribution < 1.29 is 4.74 Å². The van der Waals surface area contributed by atoms with Gasteiger partial charge in [-0.05, 0) is 24.4 Å². The summed E-state index contributed by atoms with van der Waals surface area (Å²) in [6.07, 6.45) is 1.11. The summed E-state index contributed by atoms with van der Waals surface area (Å²) in [5.74, 6) is 1.12. The summed E-state index contributed by atoms with van der Waals surface area (Å²) in [6, 6.07) is 0.276. The van der Waals surface area contributed by atoms with Gasteiger partial charge < -0.3 is 9.64 Å². The SMILES string of the molecule is CCOc1nc(Cl)nc(N(C)CC(C)CC)n1. The van der Waals surface area contributed by atoms with Crippen LogP contribution in [-0.2, 0) is 0 Å². The Hall–Kier alpha value is -1.10. The summed E-state index contributed by atoms with van der Waals surface area (Å²) in [5.41, 5.74) is 0. The first-order valence-electron chi connectivity index (χ1n) is 5.82. The van der Waals surface area contributed by atoms with Gasteiger partial charge in [0, 0.05) is 13.6 Å². The number of ether oxygens (including phenoxy) is 1. The predicted molar refractivity (Wildman–Crippen MR) is 68.7 cm³/mol. The average Bonchev–Trinajstić information content (AvgIpc) is 2.28. The van der Waals surface area contributed by atoms with E-state index in [1.54, 1.807) is 0 Å². The smallest absolute Gasteiger partial charge is 0.322 e. The molecule has 0 aromatic carbocycles. The van der Waals surface area contributed by atoms with Crippen molar-refractivity contribution >= 4 is 17.5 Å². The monoisotopic (exact) mass is 258 g/mol. The van der Waals surface area contributed by atoms with Crippen LogP contribution in [0.2, 0.25) is 5.28 Å². The molecule has 0 N–H and O–H groups in total. The average molecular weight is 259 g/mol. The second-order valence-corrected chi connectivity index (χ2v) is 4.35. The van der Waals surface area contributed by atoms with Gasteiger partial charge in [0.25, 0.3) is 0 Å². The van der Waals surface area contributed by atoms with Gasteiger partial charge >= 0.3 is 6.01 Å². The third kappa shape index (κ3) is 4.34. The lowest BCUT2D eigenvalue weighted by molar-refractivity contribution is 0.311. The fourth-order valence-electron chi connectivity index (χ4n) is 1.36. The van der Waals surface area contributed by atoms with Crippen molar-refractivity contribution in [3.63, 3.8) is 0 Å². The molecule has 0 saturated heterocycles. The number of rotatable bonds is 6. The van der Waals surface area contributed by atoms with Crippen LogP contribution in [0.1, 0.15) is 27.2 Å². The van der Waals surface area contributed by atoms with Crippen molar-refractivity contribution in [2.45, 2.75) is 27.2 Å². The number of aromatic nitrogens is 3. The minimum absolute atomic E-state index is 0.162. The Kier molecular flexibility index (Phi) is 5.41. The minimum atomic E-state index is 0.162. The lowest BCUT2D eigenvalue weighted by Gasteiger charge is -2.20. The van der Waals surface area contributed by atoms with Crippen LogP contribution < -0.4 is 9.64 Å². The van der Waals surface area contributed by atoms with E-state index >= 15 is 0 Å². The fourth-order valence-corrected chi connectivity index (χ4v) is 1.51. The molecular weight excluding hydrogens is 240 g/mol. The lowest BCUT2D eigenvalue weighted by Crippen LogP contribution is -2.26. The standard InChI is InChI=1S/C11H19ClN4O/c1-5-8(3)7-16(4)10-13-9(12)14-11(15-10)17-6-2/h8H,5-7H2,1-4H3. The second-order valence-electron chi connectivity index (χ2n) is 4.01. The first kappa shape index (κ1) is 14.0. The van der Waals surface area contributed by atoms with E-state index in [1.807, 2.05) is 18.9 Å². The molecule has 1 aromatic heterocycles. The molecule has 6 heteroatoms. The van der Waals surface area contributed by atoms with E-state index in [2.05, 4.69) is 28.8 Å². The molecule has 96 valence electrons. The number of hydrogen-bond acceptors (Lipinski definition) is 5. The van der Waals surface area contributed by atoms with Crippen LogP contribution in [0.3, 0.4) is 0 Å². The highest BCUT2D eigenvalue weighted by Gasteiger charge is 2.12. The van der Waals surface area contributed by atoms with E-state index in [9.17, 15) is 0 Å². The summed E-state index contributed by atoms with van der Waals surface area (Å²) in [6.45, 7) is 7.60. The van der Waals surface area contributed by atoms with Crippen LogP contribution in [0.4, 0.5) is 5.95 Å². The maximum absolute atomic E-state index is 5.83. The fraction of sp³-hybridized carbons (Fsp3) is 0.727. The van der Waals surface area contributed by atoms with Gasteiger partial charge in [-0.15, -0.1) is 0 Å². The van der Waals surface area contributed by atoms with E-state index in [4.69, 9.17) is 16.3 Å². The number of hydrogen-bond donors (Lipinski definition) is 0. The minimum Gasteiger partial charge on any atom is -0.464 e. The number of anilines is 1. The molecule has 0 aliphatic carbocycles. The summed E-state index contributed by atoms with van der Waals surface area (Å²) in [4.78, 5) is 14.2. The molecule has 0 amide bonds. The van der Waals surface area contributed by atoms with Crippen molar-refractivity contribution in [2.24, 2.45) is 5.92 Å². The van der Waals surface area contributed by atoms with Crippen molar-refractivity contribution in [3.8, 4) is 6.01 Å². The van der Waals surface area contributed by atoms with E-state index in [-0.39, 0.29) is 11.3 Å². The summed E-state index contributed by atoms with van der Waals surface area (Å²) in [7, 11) is 1.94. The zero-order valence-electron chi connectivity index (χ0n) is 10.8. The zero-order valence-corrected chi connectivity index (χ0v) is 11.5. The molecule has 1 rings (SSSR count). The Morgan fingerprint density at radius 1 is 1.29 bits per heavy atom. The largest absolute Gasteiger partial charge is 0.464 e. The van der Waals surface area contributed by atoms with Gasteiger partial charge in [0.1, 0.15) is 0 Å². The van der Waals surface area contributed by atoms with Crippen LogP contribution in [0.5, 0.6) is 6.01 Å². The quantitative estimate of drug-likeness (QED) is 0.784. The highest BCUT2D eigenvalue weighted by atomic mass is 35.5. The van der Waals surface area contributed by atoms with E-state index in [0.717, 1.165) is 13.0 Å². The molecule has 5 nitrogen and oxygen atoms in total. The molecule has 1 aromatic rings. The first-order chi connectivity index (χ1) is 8.06. The van der Waals surface area contributed by atoms with Gasteiger partial charge in [-0.2, -0.15) is 15.0 Å². The molecule has 1 heterocycles. The molecule has 0 fully saturated rings. The van der Waals surface area contributed by atoms with Crippen LogP contribution in [0.15, 0.2) is 0 Å². The molecule has 0 saturated carbocycles. The van der Waals surface area contributed by atoms with Crippen molar-refractivity contribution in [3.05, 3.63) is 5.28 Å². The van der Waals surface area contributed by atoms with Gasteiger partial charge in [0.2, 0.25) is 11.2 Å². The molecule has 0 aliphatic heterocycles. The van der Waals surface area contributed by atoms with Gasteiger partial charge in [0.15, 0.2) is 0 Å². The van der Waals surface area contributed by atoms with Crippen molar-refractivity contribution in [2.75, 3.05) is 25.1 Å². The summed E-state index contributed by atoms with van der Waals surface area (Å²) in [5, 5.41) is 0.162. The Labute approximate surface area is 107 Å². The Bertz CT molecular complexity index is 361. The third-order valence-electron chi connectivity index (χ3n) is 2.47. The second kappa shape index (κ2) is 6.59. The molecule has 0 spiro atoms. The number of halogens is 1. The maximum Gasteiger partial charge on any atom is 0.322 e. The highest BCUT2D eigenvalue weighted by molar-refractivity contribution is 6.28. The van der Waals surface area contributed by atoms with E-state index in [1.165, 1.54) is 0 Å². The van der Waals surface area contributed by atoms with E-state index in [0.29, 0.717) is 18.5 Å². The summed E-state index contributed by atoms with van der Waals surface area (Å²) >= 11 is 5.83. The lowest BCUT2D eigenvalue weighted by atomic mass is 10.1. The van der Waals surface area contributed by atoms with Gasteiger partial charge in [-0.25, -0.2) is 0 Å². The van der Waals surface area contributed by atoms with Gasteiger partial charge in [0.05, 0.1) is 6.61 Å². The highest BCUT2D eigenvalue weighted by Crippen LogP contribution is 2.15. The van der Waals surface area contributed by atoms with E-state index < -0.39 is 0 Å². The molecule has 1 unspecified atom stereocenters. The van der Waals surface area contributed by atoms with Crippen LogP contribution in [-0.4, -0.2) is 35.2 Å². The van der Waals surface area contributed by atoms with Crippen LogP contribution in [0.25, 0.3) is 0 Å². The molecule has 0 aliphatic rings. The van der Waals surface area contributed by atoms with Gasteiger partial charge in [-0.1, -0.05) is 20.3 Å². The maximum atomic E-state index is 5.83. The molecule has 0 bridgehead atoms. The normalized spacial score (nSPS) is 12.3. The van der Waals surface area contributed by atoms with Crippen LogP contribution in [0, 0.1) is 5.92 Å². The van der Waals surface area contributed by atoms with Crippen molar-refractivity contribution in [1.82, 2.24) is 15.0 Å². The van der Waals surface area contributed by atoms with Gasteiger partial charge in [-0.3, -0.25) is 0 Å². The zero-order chi connectivity index (χ0) is 12.8. The topological polar surface area (TPSA) is 51.1 Å². The third-order valence-corrected chi connectivity index (χ3v) is 2.64.